The summed E-state index contributed by atoms with van der Waals surface area (Å²) < 4.78 is 1.85. The fraction of sp³-hybridized carbons (Fsp3) is 0.263. The SMILES string of the molecule is Cc1ccsc1CN(C)C(=O)CCc1cnn(-c2ccccc2)c1. The molecule has 0 spiro atoms. The van der Waals surface area contributed by atoms with E-state index in [4.69, 9.17) is 0 Å². The van der Waals surface area contributed by atoms with Gasteiger partial charge in [-0.1, -0.05) is 18.2 Å². The van der Waals surface area contributed by atoms with Crippen LogP contribution in [-0.2, 0) is 17.8 Å². The molecule has 124 valence electrons. The van der Waals surface area contributed by atoms with E-state index < -0.39 is 0 Å². The van der Waals surface area contributed by atoms with Gasteiger partial charge in [0.1, 0.15) is 0 Å². The molecule has 0 fully saturated rings. The molecule has 3 rings (SSSR count). The van der Waals surface area contributed by atoms with Crippen molar-refractivity contribution in [3.05, 3.63) is 70.2 Å². The number of aromatic nitrogens is 2. The van der Waals surface area contributed by atoms with Gasteiger partial charge in [0.15, 0.2) is 0 Å². The third kappa shape index (κ3) is 3.92. The molecule has 1 amide bonds. The average molecular weight is 339 g/mol. The van der Waals surface area contributed by atoms with Crippen LogP contribution in [-0.4, -0.2) is 27.6 Å². The summed E-state index contributed by atoms with van der Waals surface area (Å²) >= 11 is 1.70. The maximum absolute atomic E-state index is 12.3. The van der Waals surface area contributed by atoms with E-state index >= 15 is 0 Å². The lowest BCUT2D eigenvalue weighted by Gasteiger charge is -2.16. The Morgan fingerprint density at radius 1 is 1.25 bits per heavy atom. The Hall–Kier alpha value is -2.40. The summed E-state index contributed by atoms with van der Waals surface area (Å²) in [6, 6.07) is 12.1. The van der Waals surface area contributed by atoms with Gasteiger partial charge in [0.2, 0.25) is 5.91 Å². The molecule has 0 saturated carbocycles. The molecule has 0 unspecified atom stereocenters. The monoisotopic (exact) mass is 339 g/mol. The van der Waals surface area contributed by atoms with Gasteiger partial charge in [-0.25, -0.2) is 4.68 Å². The first-order chi connectivity index (χ1) is 11.6. The van der Waals surface area contributed by atoms with E-state index in [2.05, 4.69) is 23.5 Å². The van der Waals surface area contributed by atoms with Crippen LogP contribution in [0, 0.1) is 6.92 Å². The van der Waals surface area contributed by atoms with E-state index in [9.17, 15) is 4.79 Å². The molecule has 4 nitrogen and oxygen atoms in total. The molecule has 0 aliphatic heterocycles. The quantitative estimate of drug-likeness (QED) is 0.684. The number of carbonyl (C=O) groups is 1. The number of para-hydroxylation sites is 1. The molecule has 3 aromatic rings. The number of aryl methyl sites for hydroxylation is 2. The lowest BCUT2D eigenvalue weighted by atomic mass is 10.2. The zero-order valence-electron chi connectivity index (χ0n) is 14.0. The van der Waals surface area contributed by atoms with Crippen molar-refractivity contribution < 1.29 is 4.79 Å². The highest BCUT2D eigenvalue weighted by molar-refractivity contribution is 7.10. The van der Waals surface area contributed by atoms with Crippen LogP contribution in [0.25, 0.3) is 5.69 Å². The Bertz CT molecular complexity index is 807. The summed E-state index contributed by atoms with van der Waals surface area (Å²) in [6.45, 7) is 2.77. The summed E-state index contributed by atoms with van der Waals surface area (Å²) in [5, 5.41) is 6.45. The average Bonchev–Trinajstić information content (AvgIpc) is 3.23. The molecule has 2 heterocycles. The van der Waals surface area contributed by atoms with Crippen molar-refractivity contribution in [1.82, 2.24) is 14.7 Å². The van der Waals surface area contributed by atoms with Crippen molar-refractivity contribution in [3.63, 3.8) is 0 Å². The van der Waals surface area contributed by atoms with E-state index in [1.54, 1.807) is 16.2 Å². The molecule has 0 N–H and O–H groups in total. The largest absolute Gasteiger partial charge is 0.341 e. The summed E-state index contributed by atoms with van der Waals surface area (Å²) in [5.41, 5.74) is 3.36. The lowest BCUT2D eigenvalue weighted by Crippen LogP contribution is -2.26. The van der Waals surface area contributed by atoms with E-state index in [1.165, 1.54) is 10.4 Å². The first kappa shape index (κ1) is 16.5. The zero-order valence-corrected chi connectivity index (χ0v) is 14.8. The van der Waals surface area contributed by atoms with Gasteiger partial charge in [-0.2, -0.15) is 5.10 Å². The van der Waals surface area contributed by atoms with Crippen LogP contribution in [0.15, 0.2) is 54.2 Å². The zero-order chi connectivity index (χ0) is 16.9. The molecule has 0 aliphatic rings. The van der Waals surface area contributed by atoms with Crippen LogP contribution >= 0.6 is 11.3 Å². The van der Waals surface area contributed by atoms with Crippen molar-refractivity contribution >= 4 is 17.2 Å². The third-order valence-electron chi connectivity index (χ3n) is 4.06. The molecule has 0 saturated heterocycles. The summed E-state index contributed by atoms with van der Waals surface area (Å²) in [6.07, 6.45) is 5.04. The number of rotatable bonds is 6. The van der Waals surface area contributed by atoms with Crippen LogP contribution in [0.5, 0.6) is 0 Å². The number of thiophene rings is 1. The summed E-state index contributed by atoms with van der Waals surface area (Å²) in [7, 11) is 1.87. The van der Waals surface area contributed by atoms with Gasteiger partial charge in [-0.3, -0.25) is 4.79 Å². The van der Waals surface area contributed by atoms with Crippen molar-refractivity contribution in [2.45, 2.75) is 26.3 Å². The standard InChI is InChI=1S/C19H21N3OS/c1-15-10-11-24-18(15)14-21(2)19(23)9-8-16-12-20-22(13-16)17-6-4-3-5-7-17/h3-7,10-13H,8-9,14H2,1-2H3. The minimum Gasteiger partial charge on any atom is -0.341 e. The Balaban J connectivity index is 1.55. The number of hydrogen-bond donors (Lipinski definition) is 0. The molecule has 5 heteroatoms. The highest BCUT2D eigenvalue weighted by Gasteiger charge is 2.12. The smallest absolute Gasteiger partial charge is 0.222 e. The maximum atomic E-state index is 12.3. The van der Waals surface area contributed by atoms with Crippen LogP contribution < -0.4 is 0 Å². The second-order valence-electron chi connectivity index (χ2n) is 5.91. The second kappa shape index (κ2) is 7.45. The van der Waals surface area contributed by atoms with Gasteiger partial charge in [0.25, 0.3) is 0 Å². The third-order valence-corrected chi connectivity index (χ3v) is 5.07. The molecular weight excluding hydrogens is 318 g/mol. The van der Waals surface area contributed by atoms with Crippen LogP contribution in [0.2, 0.25) is 0 Å². The molecule has 1 aromatic carbocycles. The topological polar surface area (TPSA) is 38.1 Å². The second-order valence-corrected chi connectivity index (χ2v) is 6.91. The first-order valence-electron chi connectivity index (χ1n) is 7.99. The molecule has 0 radical (unpaired) electrons. The van der Waals surface area contributed by atoms with Gasteiger partial charge < -0.3 is 4.90 Å². The fourth-order valence-corrected chi connectivity index (χ4v) is 3.48. The van der Waals surface area contributed by atoms with Gasteiger partial charge in [0, 0.05) is 24.5 Å². The van der Waals surface area contributed by atoms with E-state index in [0.29, 0.717) is 19.4 Å². The fourth-order valence-electron chi connectivity index (χ4n) is 2.52. The predicted octanol–water partition coefficient (Wildman–Crippen LogP) is 3.83. The van der Waals surface area contributed by atoms with Gasteiger partial charge in [-0.15, -0.1) is 11.3 Å². The van der Waals surface area contributed by atoms with Crippen molar-refractivity contribution in [3.8, 4) is 5.69 Å². The molecule has 24 heavy (non-hydrogen) atoms. The van der Waals surface area contributed by atoms with Crippen LogP contribution in [0.3, 0.4) is 0 Å². The maximum Gasteiger partial charge on any atom is 0.222 e. The molecule has 0 aliphatic carbocycles. The van der Waals surface area contributed by atoms with E-state index in [-0.39, 0.29) is 5.91 Å². The number of benzene rings is 1. The highest BCUT2D eigenvalue weighted by Crippen LogP contribution is 2.18. The highest BCUT2D eigenvalue weighted by atomic mass is 32.1. The van der Waals surface area contributed by atoms with Crippen LogP contribution in [0.4, 0.5) is 0 Å². The van der Waals surface area contributed by atoms with E-state index in [0.717, 1.165) is 11.3 Å². The summed E-state index contributed by atoms with van der Waals surface area (Å²) in [5.74, 6) is 0.162. The number of carbonyl (C=O) groups excluding carboxylic acids is 1. The molecular formula is C19H21N3OS. The predicted molar refractivity (Wildman–Crippen MR) is 97.4 cm³/mol. The van der Waals surface area contributed by atoms with Crippen molar-refractivity contribution in [1.29, 1.82) is 0 Å². The van der Waals surface area contributed by atoms with Gasteiger partial charge in [0.05, 0.1) is 18.4 Å². The number of amides is 1. The number of hydrogen-bond acceptors (Lipinski definition) is 3. The van der Waals surface area contributed by atoms with E-state index in [1.807, 2.05) is 54.5 Å². The lowest BCUT2D eigenvalue weighted by molar-refractivity contribution is -0.130. The Kier molecular flexibility index (Phi) is 5.11. The Morgan fingerprint density at radius 2 is 2.04 bits per heavy atom. The Labute approximate surface area is 146 Å². The number of nitrogens with zero attached hydrogens (tertiary/aromatic N) is 3. The first-order valence-corrected chi connectivity index (χ1v) is 8.87. The van der Waals surface area contributed by atoms with Crippen LogP contribution in [0.1, 0.15) is 22.4 Å². The normalized spacial score (nSPS) is 10.8. The Morgan fingerprint density at radius 3 is 2.75 bits per heavy atom. The van der Waals surface area contributed by atoms with Gasteiger partial charge in [-0.05, 0) is 48.1 Å². The molecule has 0 atom stereocenters. The minimum atomic E-state index is 0.162. The molecule has 0 bridgehead atoms. The summed E-state index contributed by atoms with van der Waals surface area (Å²) in [4.78, 5) is 15.4. The molecule has 2 aromatic heterocycles. The van der Waals surface area contributed by atoms with Gasteiger partial charge >= 0.3 is 0 Å². The van der Waals surface area contributed by atoms with Crippen molar-refractivity contribution in [2.24, 2.45) is 0 Å². The minimum absolute atomic E-state index is 0.162. The van der Waals surface area contributed by atoms with Crippen molar-refractivity contribution in [2.75, 3.05) is 7.05 Å².